The van der Waals surface area contributed by atoms with Gasteiger partial charge in [0, 0.05) is 17.2 Å². The first-order valence-corrected chi connectivity index (χ1v) is 6.21. The third kappa shape index (κ3) is 1.82. The molecule has 0 bridgehead atoms. The fraction of sp³-hybridized carbons (Fsp3) is 0.556. The molecule has 1 saturated carbocycles. The van der Waals surface area contributed by atoms with Gasteiger partial charge in [0.15, 0.2) is 0 Å². The first-order valence-electron chi connectivity index (χ1n) is 5.23. The Morgan fingerprint density at radius 3 is 3.12 bits per heavy atom. The van der Waals surface area contributed by atoms with Crippen molar-refractivity contribution in [2.24, 2.45) is 0 Å². The second kappa shape index (κ2) is 4.25. The van der Waals surface area contributed by atoms with E-state index in [-0.39, 0.29) is 0 Å². The summed E-state index contributed by atoms with van der Waals surface area (Å²) in [6.45, 7) is 0. The Bertz CT molecular complexity index is 450. The molecule has 0 spiro atoms. The highest BCUT2D eigenvalue weighted by atomic mass is 32.2. The lowest BCUT2D eigenvalue weighted by Gasteiger charge is -2.23. The molecule has 1 aliphatic rings. The Labute approximate surface area is 96.2 Å². The second-order valence-electron chi connectivity index (χ2n) is 3.84. The highest BCUT2D eigenvalue weighted by Crippen LogP contribution is 2.38. The molecule has 0 unspecified atom stereocenters. The van der Waals surface area contributed by atoms with Gasteiger partial charge in [-0.15, -0.1) is 10.2 Å². The Balaban J connectivity index is 1.67. The number of rotatable bonds is 4. The van der Waals surface area contributed by atoms with Crippen LogP contribution in [0.3, 0.4) is 0 Å². The molecule has 0 amide bonds. The molecule has 6 nitrogen and oxygen atoms in total. The maximum Gasteiger partial charge on any atom is 0.231 e. The van der Waals surface area contributed by atoms with Gasteiger partial charge in [-0.2, -0.15) is 5.21 Å². The van der Waals surface area contributed by atoms with Crippen LogP contribution in [0.4, 0.5) is 0 Å². The number of nitrogens with one attached hydrogen (secondary N) is 1. The Kier molecular flexibility index (Phi) is 2.61. The monoisotopic (exact) mass is 237 g/mol. The van der Waals surface area contributed by atoms with E-state index in [1.165, 1.54) is 31.0 Å². The molecule has 0 atom stereocenters. The maximum absolute atomic E-state index is 5.04. The molecular formula is C9H11N5OS. The summed E-state index contributed by atoms with van der Waals surface area (Å²) >= 11 is 1.53. The van der Waals surface area contributed by atoms with Gasteiger partial charge in [-0.1, -0.05) is 23.3 Å². The first kappa shape index (κ1) is 9.83. The lowest BCUT2D eigenvalue weighted by Crippen LogP contribution is -2.10. The van der Waals surface area contributed by atoms with E-state index in [0.717, 1.165) is 17.0 Å². The standard InChI is InChI=1S/C9H11N5OS/c1-2-6(3-1)8-7(4-15-12-8)5-16-9-10-13-14-11-9/h4,6H,1-3,5H2,(H,10,11,13,14). The Morgan fingerprint density at radius 1 is 1.50 bits per heavy atom. The zero-order valence-corrected chi connectivity index (χ0v) is 9.40. The van der Waals surface area contributed by atoms with Gasteiger partial charge in [0.25, 0.3) is 0 Å². The summed E-state index contributed by atoms with van der Waals surface area (Å²) in [6, 6.07) is 0. The summed E-state index contributed by atoms with van der Waals surface area (Å²) in [5.41, 5.74) is 2.27. The van der Waals surface area contributed by atoms with Gasteiger partial charge in [-0.25, -0.2) is 0 Å². The van der Waals surface area contributed by atoms with E-state index in [1.807, 2.05) is 0 Å². The summed E-state index contributed by atoms with van der Waals surface area (Å²) in [5.74, 6) is 1.38. The van der Waals surface area contributed by atoms with Gasteiger partial charge in [0.05, 0.1) is 5.69 Å². The predicted octanol–water partition coefficient (Wildman–Crippen LogP) is 1.75. The van der Waals surface area contributed by atoms with Crippen LogP contribution in [-0.4, -0.2) is 25.8 Å². The maximum atomic E-state index is 5.04. The molecule has 0 radical (unpaired) electrons. The van der Waals surface area contributed by atoms with Crippen LogP contribution in [0.2, 0.25) is 0 Å². The molecule has 2 aromatic rings. The Hall–Kier alpha value is -1.37. The number of aromatic nitrogens is 5. The quantitative estimate of drug-likeness (QED) is 0.816. The average Bonchev–Trinajstić information content (AvgIpc) is 2.82. The second-order valence-corrected chi connectivity index (χ2v) is 4.78. The Morgan fingerprint density at radius 2 is 2.44 bits per heavy atom. The summed E-state index contributed by atoms with van der Waals surface area (Å²) < 4.78 is 5.04. The van der Waals surface area contributed by atoms with E-state index in [9.17, 15) is 0 Å². The first-order chi connectivity index (χ1) is 7.93. The number of hydrogen-bond donors (Lipinski definition) is 1. The number of H-pyrrole nitrogens is 1. The highest BCUT2D eigenvalue weighted by Gasteiger charge is 2.25. The number of thioether (sulfide) groups is 1. The molecule has 16 heavy (non-hydrogen) atoms. The third-order valence-electron chi connectivity index (χ3n) is 2.85. The van der Waals surface area contributed by atoms with Gasteiger partial charge < -0.3 is 4.52 Å². The van der Waals surface area contributed by atoms with E-state index in [1.54, 1.807) is 6.26 Å². The molecule has 0 aromatic carbocycles. The van der Waals surface area contributed by atoms with E-state index in [4.69, 9.17) is 4.52 Å². The summed E-state index contributed by atoms with van der Waals surface area (Å²) in [4.78, 5) is 0. The molecular weight excluding hydrogens is 226 g/mol. The van der Waals surface area contributed by atoms with Crippen LogP contribution in [0.15, 0.2) is 15.9 Å². The fourth-order valence-corrected chi connectivity index (χ4v) is 2.45. The van der Waals surface area contributed by atoms with Crippen molar-refractivity contribution in [1.29, 1.82) is 0 Å². The topological polar surface area (TPSA) is 80.5 Å². The minimum atomic E-state index is 0.597. The van der Waals surface area contributed by atoms with Crippen LogP contribution in [0.1, 0.15) is 36.4 Å². The van der Waals surface area contributed by atoms with Crippen molar-refractivity contribution in [3.63, 3.8) is 0 Å². The molecule has 0 saturated heterocycles. The minimum absolute atomic E-state index is 0.597. The van der Waals surface area contributed by atoms with Crippen molar-refractivity contribution >= 4 is 11.8 Å². The number of aromatic amines is 1. The highest BCUT2D eigenvalue weighted by molar-refractivity contribution is 7.98. The fourth-order valence-electron chi connectivity index (χ4n) is 1.75. The molecule has 0 aliphatic heterocycles. The van der Waals surface area contributed by atoms with Gasteiger partial charge >= 0.3 is 0 Å². The van der Waals surface area contributed by atoms with E-state index in [0.29, 0.717) is 11.1 Å². The van der Waals surface area contributed by atoms with Crippen LogP contribution in [0.5, 0.6) is 0 Å². The number of nitrogens with zero attached hydrogens (tertiary/aromatic N) is 4. The van der Waals surface area contributed by atoms with Crippen molar-refractivity contribution in [1.82, 2.24) is 25.8 Å². The molecule has 3 rings (SSSR count). The van der Waals surface area contributed by atoms with Crippen molar-refractivity contribution in [3.8, 4) is 0 Å². The predicted molar refractivity (Wildman–Crippen MR) is 56.8 cm³/mol. The molecule has 84 valence electrons. The van der Waals surface area contributed by atoms with Gasteiger partial charge in [-0.05, 0) is 18.1 Å². The lowest BCUT2D eigenvalue weighted by atomic mass is 9.82. The van der Waals surface area contributed by atoms with Crippen molar-refractivity contribution in [2.75, 3.05) is 0 Å². The SMILES string of the molecule is c1onc(C2CCC2)c1CSc1nn[nH]n1. The molecule has 7 heteroatoms. The summed E-state index contributed by atoms with van der Waals surface area (Å²) in [6.07, 6.45) is 5.48. The molecule has 1 N–H and O–H groups in total. The summed E-state index contributed by atoms with van der Waals surface area (Å²) in [7, 11) is 0. The van der Waals surface area contributed by atoms with E-state index in [2.05, 4.69) is 25.8 Å². The molecule has 1 fully saturated rings. The zero-order valence-electron chi connectivity index (χ0n) is 8.59. The molecule has 1 aliphatic carbocycles. The summed E-state index contributed by atoms with van der Waals surface area (Å²) in [5, 5.41) is 18.5. The molecule has 2 aromatic heterocycles. The van der Waals surface area contributed by atoms with Crippen LogP contribution in [-0.2, 0) is 5.75 Å². The lowest BCUT2D eigenvalue weighted by molar-refractivity contribution is 0.363. The third-order valence-corrected chi connectivity index (χ3v) is 3.74. The number of hydrogen-bond acceptors (Lipinski definition) is 6. The van der Waals surface area contributed by atoms with Crippen molar-refractivity contribution in [3.05, 3.63) is 17.5 Å². The minimum Gasteiger partial charge on any atom is -0.364 e. The van der Waals surface area contributed by atoms with Crippen molar-refractivity contribution in [2.45, 2.75) is 36.1 Å². The van der Waals surface area contributed by atoms with Crippen LogP contribution >= 0.6 is 11.8 Å². The van der Waals surface area contributed by atoms with Crippen LogP contribution in [0.25, 0.3) is 0 Å². The zero-order chi connectivity index (χ0) is 10.8. The van der Waals surface area contributed by atoms with E-state index >= 15 is 0 Å². The van der Waals surface area contributed by atoms with Crippen LogP contribution in [0, 0.1) is 0 Å². The largest absolute Gasteiger partial charge is 0.364 e. The van der Waals surface area contributed by atoms with Gasteiger partial charge in [0.2, 0.25) is 5.16 Å². The van der Waals surface area contributed by atoms with Gasteiger partial charge in [-0.3, -0.25) is 0 Å². The van der Waals surface area contributed by atoms with Crippen LogP contribution < -0.4 is 0 Å². The van der Waals surface area contributed by atoms with Gasteiger partial charge in [0.1, 0.15) is 6.26 Å². The normalized spacial score (nSPS) is 16.2. The molecule has 2 heterocycles. The number of tetrazole rings is 1. The van der Waals surface area contributed by atoms with E-state index < -0.39 is 0 Å². The smallest absolute Gasteiger partial charge is 0.231 e. The average molecular weight is 237 g/mol. The van der Waals surface area contributed by atoms with Crippen molar-refractivity contribution < 1.29 is 4.52 Å².